The minimum absolute atomic E-state index is 0.117. The lowest BCUT2D eigenvalue weighted by molar-refractivity contribution is -0.127. The fourth-order valence-electron chi connectivity index (χ4n) is 4.00. The minimum Gasteiger partial charge on any atom is -0.490 e. The first-order valence-electron chi connectivity index (χ1n) is 11.0. The van der Waals surface area contributed by atoms with Crippen LogP contribution in [-0.2, 0) is 4.79 Å². The van der Waals surface area contributed by atoms with Crippen LogP contribution in [0.1, 0.15) is 55.6 Å². The van der Waals surface area contributed by atoms with Crippen molar-refractivity contribution in [3.05, 3.63) is 77.6 Å². The predicted molar refractivity (Wildman–Crippen MR) is 123 cm³/mol. The standard InChI is InChI=1S/C26H31FN2O3/c1-17(2)24-25(30)28-22(19-13-15-20(27)16-14-19)11-7-5-9-18(3)32-23-12-8-6-10-21(23)26(31)29(24)4/h5-8,10,12-18,22,24H,9,11H2,1-4H3,(H,28,30)/b7-5+/t18-,22+,24+/m0/s1. The van der Waals surface area contributed by atoms with Crippen molar-refractivity contribution in [2.24, 2.45) is 5.92 Å². The fraction of sp³-hybridized carbons (Fsp3) is 0.385. The number of hydrogen-bond acceptors (Lipinski definition) is 3. The van der Waals surface area contributed by atoms with E-state index in [1.165, 1.54) is 17.0 Å². The molecule has 1 heterocycles. The summed E-state index contributed by atoms with van der Waals surface area (Å²) >= 11 is 0. The van der Waals surface area contributed by atoms with Crippen LogP contribution in [-0.4, -0.2) is 35.9 Å². The molecule has 0 aromatic heterocycles. The molecule has 2 amide bonds. The molecule has 0 fully saturated rings. The Balaban J connectivity index is 1.99. The van der Waals surface area contributed by atoms with Crippen molar-refractivity contribution >= 4 is 11.8 Å². The highest BCUT2D eigenvalue weighted by molar-refractivity contribution is 5.99. The molecular formula is C26H31FN2O3. The van der Waals surface area contributed by atoms with Crippen LogP contribution >= 0.6 is 0 Å². The van der Waals surface area contributed by atoms with Gasteiger partial charge >= 0.3 is 0 Å². The second-order valence-corrected chi connectivity index (χ2v) is 8.59. The van der Waals surface area contributed by atoms with E-state index in [-0.39, 0.29) is 35.7 Å². The molecule has 5 nitrogen and oxygen atoms in total. The van der Waals surface area contributed by atoms with Crippen molar-refractivity contribution in [1.29, 1.82) is 0 Å². The SMILES string of the molecule is CC(C)[C@@H]1C(=O)N[C@@H](c2ccc(F)cc2)C/C=C/C[C@H](C)Oc2ccccc2C(=O)N1C. The largest absolute Gasteiger partial charge is 0.490 e. The molecule has 6 heteroatoms. The Labute approximate surface area is 189 Å². The molecule has 0 bridgehead atoms. The van der Waals surface area contributed by atoms with Crippen LogP contribution in [0, 0.1) is 11.7 Å². The smallest absolute Gasteiger partial charge is 0.258 e. The molecule has 0 radical (unpaired) electrons. The summed E-state index contributed by atoms with van der Waals surface area (Å²) in [7, 11) is 1.64. The molecule has 2 aromatic carbocycles. The van der Waals surface area contributed by atoms with Crippen molar-refractivity contribution in [2.45, 2.75) is 51.8 Å². The van der Waals surface area contributed by atoms with Gasteiger partial charge in [0.25, 0.3) is 5.91 Å². The van der Waals surface area contributed by atoms with Gasteiger partial charge in [0.1, 0.15) is 17.6 Å². The molecule has 3 rings (SSSR count). The number of nitrogens with zero attached hydrogens (tertiary/aromatic N) is 1. The Morgan fingerprint density at radius 1 is 1.03 bits per heavy atom. The molecular weight excluding hydrogens is 407 g/mol. The van der Waals surface area contributed by atoms with E-state index in [0.717, 1.165) is 5.56 Å². The van der Waals surface area contributed by atoms with E-state index < -0.39 is 6.04 Å². The van der Waals surface area contributed by atoms with E-state index in [2.05, 4.69) is 5.32 Å². The summed E-state index contributed by atoms with van der Waals surface area (Å²) in [4.78, 5) is 28.2. The van der Waals surface area contributed by atoms with Crippen molar-refractivity contribution in [2.75, 3.05) is 7.05 Å². The quantitative estimate of drug-likeness (QED) is 0.679. The van der Waals surface area contributed by atoms with Crippen molar-refractivity contribution in [1.82, 2.24) is 10.2 Å². The Morgan fingerprint density at radius 3 is 2.38 bits per heavy atom. The van der Waals surface area contributed by atoms with E-state index in [1.54, 1.807) is 37.4 Å². The van der Waals surface area contributed by atoms with Gasteiger partial charge in [-0.1, -0.05) is 50.3 Å². The second kappa shape index (κ2) is 10.4. The average molecular weight is 439 g/mol. The summed E-state index contributed by atoms with van der Waals surface area (Å²) in [6, 6.07) is 12.2. The van der Waals surface area contributed by atoms with Gasteiger partial charge in [-0.3, -0.25) is 9.59 Å². The molecule has 0 unspecified atom stereocenters. The van der Waals surface area contributed by atoms with Crippen LogP contribution in [0.3, 0.4) is 0 Å². The molecule has 32 heavy (non-hydrogen) atoms. The van der Waals surface area contributed by atoms with Crippen molar-refractivity contribution < 1.29 is 18.7 Å². The van der Waals surface area contributed by atoms with Gasteiger partial charge in [-0.05, 0) is 49.1 Å². The number of nitrogens with one attached hydrogen (secondary N) is 1. The van der Waals surface area contributed by atoms with Gasteiger partial charge in [0.2, 0.25) is 5.91 Å². The van der Waals surface area contributed by atoms with Crippen LogP contribution in [0.15, 0.2) is 60.7 Å². The zero-order valence-corrected chi connectivity index (χ0v) is 19.0. The number of rotatable bonds is 2. The van der Waals surface area contributed by atoms with Crippen molar-refractivity contribution in [3.63, 3.8) is 0 Å². The number of hydrogen-bond donors (Lipinski definition) is 1. The van der Waals surface area contributed by atoms with Crippen LogP contribution in [0.4, 0.5) is 4.39 Å². The fourth-order valence-corrected chi connectivity index (χ4v) is 4.00. The Kier molecular flexibility index (Phi) is 7.67. The summed E-state index contributed by atoms with van der Waals surface area (Å²) in [6.45, 7) is 5.78. The number of carbonyl (C=O) groups is 2. The van der Waals surface area contributed by atoms with Gasteiger partial charge in [-0.25, -0.2) is 4.39 Å². The van der Waals surface area contributed by atoms with Crippen LogP contribution in [0.2, 0.25) is 0 Å². The maximum atomic E-state index is 13.4. The van der Waals surface area contributed by atoms with Gasteiger partial charge in [0.05, 0.1) is 17.7 Å². The Hall–Kier alpha value is -3.15. The molecule has 170 valence electrons. The molecule has 1 N–H and O–H groups in total. The second-order valence-electron chi connectivity index (χ2n) is 8.59. The number of fused-ring (bicyclic) bond motifs is 1. The summed E-state index contributed by atoms with van der Waals surface area (Å²) in [5, 5.41) is 3.09. The number of amides is 2. The molecule has 3 atom stereocenters. The maximum absolute atomic E-state index is 13.4. The summed E-state index contributed by atoms with van der Waals surface area (Å²) in [6.07, 6.45) is 5.08. The molecule has 2 aromatic rings. The highest BCUT2D eigenvalue weighted by atomic mass is 19.1. The average Bonchev–Trinajstić information content (AvgIpc) is 2.75. The summed E-state index contributed by atoms with van der Waals surface area (Å²) < 4.78 is 19.5. The van der Waals surface area contributed by atoms with E-state index in [1.807, 2.05) is 39.0 Å². The Morgan fingerprint density at radius 2 is 1.69 bits per heavy atom. The molecule has 0 aliphatic carbocycles. The normalized spacial score (nSPS) is 23.7. The van der Waals surface area contributed by atoms with Gasteiger partial charge in [0, 0.05) is 13.5 Å². The lowest BCUT2D eigenvalue weighted by atomic mass is 9.98. The third-order valence-corrected chi connectivity index (χ3v) is 5.68. The maximum Gasteiger partial charge on any atom is 0.258 e. The number of carbonyl (C=O) groups excluding carboxylic acids is 2. The molecule has 0 saturated carbocycles. The van der Waals surface area contributed by atoms with E-state index in [4.69, 9.17) is 4.74 Å². The number of ether oxygens (including phenoxy) is 1. The van der Waals surface area contributed by atoms with Gasteiger partial charge in [-0.2, -0.15) is 0 Å². The summed E-state index contributed by atoms with van der Waals surface area (Å²) in [5.74, 6) is -0.454. The third-order valence-electron chi connectivity index (χ3n) is 5.68. The lowest BCUT2D eigenvalue weighted by Crippen LogP contribution is -2.51. The van der Waals surface area contributed by atoms with Gasteiger partial charge in [0.15, 0.2) is 0 Å². The van der Waals surface area contributed by atoms with Crippen molar-refractivity contribution in [3.8, 4) is 5.75 Å². The highest BCUT2D eigenvalue weighted by Crippen LogP contribution is 2.25. The first kappa shape index (κ1) is 23.5. The number of benzene rings is 2. The molecule has 0 spiro atoms. The van der Waals surface area contributed by atoms with Gasteiger partial charge in [-0.15, -0.1) is 0 Å². The van der Waals surface area contributed by atoms with Crippen LogP contribution in [0.5, 0.6) is 5.75 Å². The van der Waals surface area contributed by atoms with Crippen LogP contribution < -0.4 is 10.1 Å². The zero-order valence-electron chi connectivity index (χ0n) is 19.0. The van der Waals surface area contributed by atoms with E-state index in [9.17, 15) is 14.0 Å². The monoisotopic (exact) mass is 438 g/mol. The predicted octanol–water partition coefficient (Wildman–Crippen LogP) is 4.90. The zero-order chi connectivity index (χ0) is 23.3. The third kappa shape index (κ3) is 5.55. The molecule has 0 saturated heterocycles. The molecule has 1 aliphatic heterocycles. The lowest BCUT2D eigenvalue weighted by Gasteiger charge is -2.32. The topological polar surface area (TPSA) is 58.6 Å². The number of para-hydroxylation sites is 1. The first-order chi connectivity index (χ1) is 15.3. The Bertz CT molecular complexity index is 971. The highest BCUT2D eigenvalue weighted by Gasteiger charge is 2.33. The van der Waals surface area contributed by atoms with Crippen LogP contribution in [0.25, 0.3) is 0 Å². The number of likely N-dealkylation sites (N-methyl/N-ethyl adjacent to an activating group) is 1. The first-order valence-corrected chi connectivity index (χ1v) is 11.0. The minimum atomic E-state index is -0.678. The molecule has 1 aliphatic rings. The summed E-state index contributed by atoms with van der Waals surface area (Å²) in [5.41, 5.74) is 1.24. The van der Waals surface area contributed by atoms with E-state index in [0.29, 0.717) is 24.2 Å². The van der Waals surface area contributed by atoms with E-state index >= 15 is 0 Å². The number of halogens is 1. The van der Waals surface area contributed by atoms with Gasteiger partial charge < -0.3 is 15.0 Å².